The average Bonchev–Trinajstić information content (AvgIpc) is 3.20. The van der Waals surface area contributed by atoms with Crippen LogP contribution in [0.25, 0.3) is 5.76 Å². The zero-order chi connectivity index (χ0) is 28.1. The third kappa shape index (κ3) is 5.62. The summed E-state index contributed by atoms with van der Waals surface area (Å²) >= 11 is 0. The van der Waals surface area contributed by atoms with Gasteiger partial charge in [-0.1, -0.05) is 57.2 Å². The molecule has 7 nitrogen and oxygen atoms in total. The zero-order valence-electron chi connectivity index (χ0n) is 23.1. The number of ketones is 1. The number of carbonyl (C=O) groups excluding carboxylic acids is 2. The van der Waals surface area contributed by atoms with Crippen molar-refractivity contribution in [2.45, 2.75) is 45.8 Å². The van der Waals surface area contributed by atoms with Crippen molar-refractivity contribution in [1.29, 1.82) is 0 Å². The largest absolute Gasteiger partial charge is 0.507 e. The number of benzene rings is 3. The molecular weight excluding hydrogens is 494 g/mol. The first kappa shape index (κ1) is 27.8. The van der Waals surface area contributed by atoms with Crippen LogP contribution in [0.4, 0.5) is 0 Å². The molecule has 1 heterocycles. The summed E-state index contributed by atoms with van der Waals surface area (Å²) in [4.78, 5) is 28.1. The van der Waals surface area contributed by atoms with Crippen LogP contribution in [0.3, 0.4) is 0 Å². The zero-order valence-corrected chi connectivity index (χ0v) is 23.1. The van der Waals surface area contributed by atoms with Crippen molar-refractivity contribution in [3.05, 3.63) is 94.6 Å². The van der Waals surface area contributed by atoms with Gasteiger partial charge in [0.05, 0.1) is 25.8 Å². The Morgan fingerprint density at radius 2 is 1.62 bits per heavy atom. The molecule has 1 unspecified atom stereocenters. The Hall–Kier alpha value is -4.26. The SMILES string of the molecule is CCCN1C(=O)C(=O)/C(=C(/O)c2ccc(OC)c(C(C)C)c2)C1c1ccc(OC)c(OCc2ccccc2)c1. The van der Waals surface area contributed by atoms with E-state index in [1.807, 2.05) is 57.2 Å². The number of hydrogen-bond donors (Lipinski definition) is 1. The number of carbonyl (C=O) groups is 2. The first-order valence-corrected chi connectivity index (χ1v) is 13.1. The second kappa shape index (κ2) is 12.1. The molecule has 0 spiro atoms. The maximum absolute atomic E-state index is 13.4. The summed E-state index contributed by atoms with van der Waals surface area (Å²) in [6.45, 7) is 6.67. The summed E-state index contributed by atoms with van der Waals surface area (Å²) in [6.07, 6.45) is 0.650. The Balaban J connectivity index is 1.82. The molecule has 7 heteroatoms. The molecule has 0 saturated carbocycles. The molecule has 0 radical (unpaired) electrons. The summed E-state index contributed by atoms with van der Waals surface area (Å²) in [6, 6.07) is 19.6. The third-order valence-corrected chi connectivity index (χ3v) is 6.87. The molecule has 0 bridgehead atoms. The topological polar surface area (TPSA) is 85.3 Å². The van der Waals surface area contributed by atoms with Crippen molar-refractivity contribution in [2.24, 2.45) is 0 Å². The molecule has 3 aromatic rings. The molecule has 39 heavy (non-hydrogen) atoms. The van der Waals surface area contributed by atoms with Crippen LogP contribution in [-0.2, 0) is 16.2 Å². The van der Waals surface area contributed by atoms with E-state index in [1.165, 1.54) is 4.90 Å². The van der Waals surface area contributed by atoms with Crippen LogP contribution in [0.15, 0.2) is 72.3 Å². The van der Waals surface area contributed by atoms with Crippen molar-refractivity contribution in [3.8, 4) is 17.2 Å². The van der Waals surface area contributed by atoms with E-state index < -0.39 is 17.7 Å². The van der Waals surface area contributed by atoms with E-state index in [0.29, 0.717) is 47.9 Å². The minimum Gasteiger partial charge on any atom is -0.507 e. The predicted octanol–water partition coefficient (Wildman–Crippen LogP) is 6.24. The van der Waals surface area contributed by atoms with E-state index in [9.17, 15) is 14.7 Å². The van der Waals surface area contributed by atoms with Gasteiger partial charge in [-0.25, -0.2) is 0 Å². The number of likely N-dealkylation sites (tertiary alicyclic amines) is 1. The Morgan fingerprint density at radius 3 is 2.26 bits per heavy atom. The number of aliphatic hydroxyl groups is 1. The quantitative estimate of drug-likeness (QED) is 0.190. The fourth-order valence-electron chi connectivity index (χ4n) is 4.90. The molecule has 1 fully saturated rings. The number of methoxy groups -OCH3 is 2. The number of rotatable bonds is 10. The second-order valence-electron chi connectivity index (χ2n) is 9.79. The Bertz CT molecular complexity index is 1380. The van der Waals surface area contributed by atoms with Crippen LogP contribution in [-0.4, -0.2) is 42.5 Å². The van der Waals surface area contributed by atoms with Crippen LogP contribution >= 0.6 is 0 Å². The highest BCUT2D eigenvalue weighted by molar-refractivity contribution is 6.46. The number of ether oxygens (including phenoxy) is 3. The lowest BCUT2D eigenvalue weighted by molar-refractivity contribution is -0.139. The summed E-state index contributed by atoms with van der Waals surface area (Å²) < 4.78 is 17.1. The van der Waals surface area contributed by atoms with Gasteiger partial charge in [0.25, 0.3) is 11.7 Å². The Labute approximate surface area is 229 Å². The van der Waals surface area contributed by atoms with E-state index in [2.05, 4.69) is 0 Å². The number of hydrogen-bond acceptors (Lipinski definition) is 6. The molecule has 1 aliphatic rings. The number of Topliss-reactive ketones (excluding diaryl/α,β-unsaturated/α-hetero) is 1. The van der Waals surface area contributed by atoms with Gasteiger partial charge in [-0.05, 0) is 59.4 Å². The van der Waals surface area contributed by atoms with E-state index in [-0.39, 0.29) is 17.3 Å². The van der Waals surface area contributed by atoms with Gasteiger partial charge in [-0.2, -0.15) is 0 Å². The number of nitrogens with zero attached hydrogens (tertiary/aromatic N) is 1. The lowest BCUT2D eigenvalue weighted by Gasteiger charge is -2.25. The summed E-state index contributed by atoms with van der Waals surface area (Å²) in [5.74, 6) is 0.256. The molecule has 1 saturated heterocycles. The molecule has 1 atom stereocenters. The fraction of sp³-hybridized carbons (Fsp3) is 0.312. The van der Waals surface area contributed by atoms with Crippen molar-refractivity contribution in [1.82, 2.24) is 4.90 Å². The number of amides is 1. The second-order valence-corrected chi connectivity index (χ2v) is 9.79. The minimum atomic E-state index is -0.778. The lowest BCUT2D eigenvalue weighted by atomic mass is 9.93. The smallest absolute Gasteiger partial charge is 0.295 e. The van der Waals surface area contributed by atoms with E-state index in [1.54, 1.807) is 44.6 Å². The Morgan fingerprint density at radius 1 is 0.923 bits per heavy atom. The van der Waals surface area contributed by atoms with Gasteiger partial charge in [0.1, 0.15) is 18.1 Å². The van der Waals surface area contributed by atoms with Crippen LogP contribution in [0.5, 0.6) is 17.2 Å². The van der Waals surface area contributed by atoms with Gasteiger partial charge in [0.15, 0.2) is 11.5 Å². The number of aliphatic hydroxyl groups excluding tert-OH is 1. The highest BCUT2D eigenvalue weighted by atomic mass is 16.5. The lowest BCUT2D eigenvalue weighted by Crippen LogP contribution is -2.30. The molecule has 0 aromatic heterocycles. The molecule has 4 rings (SSSR count). The highest BCUT2D eigenvalue weighted by Crippen LogP contribution is 2.43. The van der Waals surface area contributed by atoms with E-state index in [4.69, 9.17) is 14.2 Å². The first-order chi connectivity index (χ1) is 18.8. The van der Waals surface area contributed by atoms with Crippen molar-refractivity contribution < 1.29 is 28.9 Å². The maximum atomic E-state index is 13.4. The monoisotopic (exact) mass is 529 g/mol. The molecule has 1 N–H and O–H groups in total. The van der Waals surface area contributed by atoms with Crippen molar-refractivity contribution in [3.63, 3.8) is 0 Å². The highest BCUT2D eigenvalue weighted by Gasteiger charge is 2.46. The maximum Gasteiger partial charge on any atom is 0.295 e. The van der Waals surface area contributed by atoms with E-state index >= 15 is 0 Å². The van der Waals surface area contributed by atoms with Gasteiger partial charge in [0.2, 0.25) is 0 Å². The van der Waals surface area contributed by atoms with Gasteiger partial charge in [-0.15, -0.1) is 0 Å². The van der Waals surface area contributed by atoms with Crippen LogP contribution in [0.1, 0.15) is 61.4 Å². The molecule has 3 aromatic carbocycles. The first-order valence-electron chi connectivity index (χ1n) is 13.1. The Kier molecular flexibility index (Phi) is 8.59. The van der Waals surface area contributed by atoms with Gasteiger partial charge in [-0.3, -0.25) is 9.59 Å². The fourth-order valence-corrected chi connectivity index (χ4v) is 4.90. The van der Waals surface area contributed by atoms with Gasteiger partial charge < -0.3 is 24.2 Å². The van der Waals surface area contributed by atoms with Crippen LogP contribution in [0, 0.1) is 0 Å². The van der Waals surface area contributed by atoms with Crippen molar-refractivity contribution in [2.75, 3.05) is 20.8 Å². The van der Waals surface area contributed by atoms with Crippen LogP contribution < -0.4 is 14.2 Å². The van der Waals surface area contributed by atoms with Gasteiger partial charge >= 0.3 is 0 Å². The standard InChI is InChI=1S/C32H35NO6/c1-6-16-33-29(22-12-15-26(38-5)27(18-22)39-19-21-10-8-7-9-11-21)28(31(35)32(33)36)30(34)23-13-14-25(37-4)24(17-23)20(2)3/h7-15,17-18,20,29,34H,6,16,19H2,1-5H3/b30-28+. The average molecular weight is 530 g/mol. The third-order valence-electron chi connectivity index (χ3n) is 6.87. The summed E-state index contributed by atoms with van der Waals surface area (Å²) in [5, 5.41) is 11.5. The summed E-state index contributed by atoms with van der Waals surface area (Å²) in [7, 11) is 3.15. The normalized spacial score (nSPS) is 16.6. The molecular formula is C32H35NO6. The molecule has 0 aliphatic carbocycles. The summed E-state index contributed by atoms with van der Waals surface area (Å²) in [5.41, 5.74) is 3.02. The van der Waals surface area contributed by atoms with E-state index in [0.717, 1.165) is 11.1 Å². The van der Waals surface area contributed by atoms with Gasteiger partial charge in [0, 0.05) is 12.1 Å². The molecule has 1 aliphatic heterocycles. The molecule has 204 valence electrons. The van der Waals surface area contributed by atoms with Crippen LogP contribution in [0.2, 0.25) is 0 Å². The predicted molar refractivity (Wildman–Crippen MR) is 150 cm³/mol. The minimum absolute atomic E-state index is 0.0486. The molecule has 1 amide bonds. The van der Waals surface area contributed by atoms with Crippen molar-refractivity contribution >= 4 is 17.4 Å².